The van der Waals surface area contributed by atoms with Crippen molar-refractivity contribution in [3.05, 3.63) is 47.5 Å². The lowest BCUT2D eigenvalue weighted by Gasteiger charge is -2.17. The second-order valence-corrected chi connectivity index (χ2v) is 11.4. The number of amides is 1. The maximum absolute atomic E-state index is 12.7. The summed E-state index contributed by atoms with van der Waals surface area (Å²) in [4.78, 5) is 12.6. The number of sulfonamides is 2. The Hall–Kier alpha value is -2.47. The third-order valence-electron chi connectivity index (χ3n) is 5.27. The maximum atomic E-state index is 12.7. The fraction of sp³-hybridized carbons (Fsp3) is 0.381. The smallest absolute Gasteiger partial charge is 0.262 e. The molecule has 2 aromatic rings. The quantitative estimate of drug-likeness (QED) is 0.595. The summed E-state index contributed by atoms with van der Waals surface area (Å²) < 4.78 is 58.6. The average molecular weight is 482 g/mol. The Kier molecular flexibility index (Phi) is 7.23. The van der Waals surface area contributed by atoms with E-state index in [-0.39, 0.29) is 16.4 Å². The molecule has 1 saturated heterocycles. The van der Waals surface area contributed by atoms with Gasteiger partial charge in [-0.15, -0.1) is 0 Å². The van der Waals surface area contributed by atoms with Crippen molar-refractivity contribution in [1.29, 1.82) is 0 Å². The molecule has 2 aromatic carbocycles. The lowest BCUT2D eigenvalue weighted by molar-refractivity contribution is -0.118. The maximum Gasteiger partial charge on any atom is 0.262 e. The summed E-state index contributed by atoms with van der Waals surface area (Å²) in [6, 6.07) is 8.99. The molecule has 1 heterocycles. The highest BCUT2D eigenvalue weighted by molar-refractivity contribution is 7.89. The van der Waals surface area contributed by atoms with E-state index in [1.54, 1.807) is 19.9 Å². The summed E-state index contributed by atoms with van der Waals surface area (Å²) in [6.07, 6.45) is 1.72. The molecule has 1 aliphatic rings. The molecule has 0 spiro atoms. The number of carbonyl (C=O) groups excluding carboxylic acids is 1. The number of aryl methyl sites for hydroxylation is 2. The second-order valence-electron chi connectivity index (χ2n) is 7.56. The molecule has 0 atom stereocenters. The largest absolute Gasteiger partial charge is 0.483 e. The summed E-state index contributed by atoms with van der Waals surface area (Å²) in [6.45, 7) is 4.19. The lowest BCUT2D eigenvalue weighted by Crippen LogP contribution is -2.28. The zero-order valence-corrected chi connectivity index (χ0v) is 19.8. The Balaban J connectivity index is 1.67. The Bertz CT molecular complexity index is 1220. The van der Waals surface area contributed by atoms with Crippen molar-refractivity contribution in [3.8, 4) is 5.75 Å². The lowest BCUT2D eigenvalue weighted by atomic mass is 10.2. The normalized spacial score (nSPS) is 15.0. The van der Waals surface area contributed by atoms with Gasteiger partial charge in [0.15, 0.2) is 6.61 Å². The van der Waals surface area contributed by atoms with Crippen LogP contribution in [0, 0.1) is 13.8 Å². The highest BCUT2D eigenvalue weighted by Gasteiger charge is 2.27. The van der Waals surface area contributed by atoms with Gasteiger partial charge in [-0.1, -0.05) is 6.07 Å². The number of nitrogens with zero attached hydrogens (tertiary/aromatic N) is 1. The van der Waals surface area contributed by atoms with Crippen molar-refractivity contribution in [2.24, 2.45) is 0 Å². The summed E-state index contributed by atoms with van der Waals surface area (Å²) in [5, 5.41) is 2.65. The average Bonchev–Trinajstić information content (AvgIpc) is 3.30. The van der Waals surface area contributed by atoms with Gasteiger partial charge >= 0.3 is 0 Å². The van der Waals surface area contributed by atoms with Crippen LogP contribution in [0.2, 0.25) is 0 Å². The topological polar surface area (TPSA) is 122 Å². The van der Waals surface area contributed by atoms with E-state index in [1.165, 1.54) is 41.7 Å². The number of ether oxygens (including phenoxy) is 1. The fourth-order valence-corrected chi connectivity index (χ4v) is 5.73. The van der Waals surface area contributed by atoms with Crippen LogP contribution < -0.4 is 14.8 Å². The van der Waals surface area contributed by atoms with Crippen LogP contribution in [0.15, 0.2) is 46.2 Å². The van der Waals surface area contributed by atoms with Crippen LogP contribution in [0.3, 0.4) is 0 Å². The van der Waals surface area contributed by atoms with Crippen molar-refractivity contribution in [2.75, 3.05) is 32.1 Å². The van der Waals surface area contributed by atoms with E-state index in [0.717, 1.165) is 12.8 Å². The Labute approximate surface area is 188 Å². The number of benzene rings is 2. The molecule has 1 aliphatic heterocycles. The minimum atomic E-state index is -3.64. The first-order chi connectivity index (χ1) is 15.0. The molecule has 1 fully saturated rings. The van der Waals surface area contributed by atoms with Crippen LogP contribution in [0.5, 0.6) is 5.75 Å². The first-order valence-electron chi connectivity index (χ1n) is 10.1. The third kappa shape index (κ3) is 5.29. The SMILES string of the molecule is CNS(=O)(=O)c1ccc(C)c(NC(=O)COc2ccc(S(=O)(=O)N3CCCC3)cc2C)c1. The van der Waals surface area contributed by atoms with E-state index in [2.05, 4.69) is 10.0 Å². The fourth-order valence-electron chi connectivity index (χ4n) is 3.37. The van der Waals surface area contributed by atoms with Gasteiger partial charge in [-0.2, -0.15) is 4.31 Å². The predicted molar refractivity (Wildman–Crippen MR) is 121 cm³/mol. The monoisotopic (exact) mass is 481 g/mol. The van der Waals surface area contributed by atoms with E-state index in [9.17, 15) is 21.6 Å². The van der Waals surface area contributed by atoms with Crippen LogP contribution in [0.4, 0.5) is 5.69 Å². The molecule has 3 rings (SSSR count). The summed E-state index contributed by atoms with van der Waals surface area (Å²) >= 11 is 0. The van der Waals surface area contributed by atoms with Gasteiger partial charge in [0.05, 0.1) is 9.79 Å². The van der Waals surface area contributed by atoms with Gasteiger partial charge in [0.1, 0.15) is 5.75 Å². The molecule has 11 heteroatoms. The zero-order chi connectivity index (χ0) is 23.5. The summed E-state index contributed by atoms with van der Waals surface area (Å²) in [5.74, 6) is -0.0796. The zero-order valence-electron chi connectivity index (χ0n) is 18.2. The number of anilines is 1. The van der Waals surface area contributed by atoms with Crippen molar-refractivity contribution in [1.82, 2.24) is 9.03 Å². The van der Waals surface area contributed by atoms with Crippen molar-refractivity contribution in [3.63, 3.8) is 0 Å². The van der Waals surface area contributed by atoms with Crippen LogP contribution >= 0.6 is 0 Å². The van der Waals surface area contributed by atoms with E-state index in [4.69, 9.17) is 4.74 Å². The van der Waals surface area contributed by atoms with E-state index < -0.39 is 26.0 Å². The van der Waals surface area contributed by atoms with Gasteiger partial charge in [0.2, 0.25) is 20.0 Å². The molecule has 0 bridgehead atoms. The highest BCUT2D eigenvalue weighted by Crippen LogP contribution is 2.26. The molecule has 0 saturated carbocycles. The number of rotatable bonds is 8. The first kappa shape index (κ1) is 24.2. The number of carbonyl (C=O) groups is 1. The van der Waals surface area contributed by atoms with Crippen LogP contribution in [0.1, 0.15) is 24.0 Å². The van der Waals surface area contributed by atoms with Crippen LogP contribution in [-0.2, 0) is 24.8 Å². The molecule has 9 nitrogen and oxygen atoms in total. The summed E-state index contributed by atoms with van der Waals surface area (Å²) in [7, 11) is -5.86. The molecule has 0 aromatic heterocycles. The Morgan fingerprint density at radius 3 is 2.25 bits per heavy atom. The van der Waals surface area contributed by atoms with Crippen molar-refractivity contribution < 1.29 is 26.4 Å². The van der Waals surface area contributed by atoms with Gasteiger partial charge in [-0.25, -0.2) is 21.6 Å². The van der Waals surface area contributed by atoms with Gasteiger partial charge in [0, 0.05) is 18.8 Å². The van der Waals surface area contributed by atoms with Gasteiger partial charge in [0.25, 0.3) is 5.91 Å². The van der Waals surface area contributed by atoms with Gasteiger partial charge in [-0.05, 0) is 75.2 Å². The van der Waals surface area contributed by atoms with E-state index >= 15 is 0 Å². The number of nitrogens with one attached hydrogen (secondary N) is 2. The number of hydrogen-bond acceptors (Lipinski definition) is 6. The second kappa shape index (κ2) is 9.57. The highest BCUT2D eigenvalue weighted by atomic mass is 32.2. The molecular formula is C21H27N3O6S2. The Morgan fingerprint density at radius 1 is 0.969 bits per heavy atom. The number of hydrogen-bond donors (Lipinski definition) is 2. The van der Waals surface area contributed by atoms with Crippen LogP contribution in [0.25, 0.3) is 0 Å². The minimum absolute atomic E-state index is 0.0347. The molecule has 0 radical (unpaired) electrons. The molecule has 2 N–H and O–H groups in total. The molecule has 0 unspecified atom stereocenters. The van der Waals surface area contributed by atoms with Gasteiger partial charge in [-0.3, -0.25) is 4.79 Å². The van der Waals surface area contributed by atoms with Crippen molar-refractivity contribution >= 4 is 31.6 Å². The molecule has 32 heavy (non-hydrogen) atoms. The minimum Gasteiger partial charge on any atom is -0.483 e. The molecule has 174 valence electrons. The van der Waals surface area contributed by atoms with Crippen LogP contribution in [-0.4, -0.2) is 53.8 Å². The molecular weight excluding hydrogens is 454 g/mol. The third-order valence-corrected chi connectivity index (χ3v) is 8.58. The Morgan fingerprint density at radius 2 is 1.62 bits per heavy atom. The summed E-state index contributed by atoms with van der Waals surface area (Å²) in [5.41, 5.74) is 1.65. The predicted octanol–water partition coefficient (Wildman–Crippen LogP) is 2.01. The van der Waals surface area contributed by atoms with Crippen molar-refractivity contribution in [2.45, 2.75) is 36.5 Å². The molecule has 1 amide bonds. The van der Waals surface area contributed by atoms with E-state index in [1.807, 2.05) is 0 Å². The standard InChI is InChI=1S/C21H27N3O6S2/c1-15-6-7-17(31(26,27)22-3)13-19(15)23-21(25)14-30-20-9-8-18(12-16(20)2)32(28,29)24-10-4-5-11-24/h6-9,12-13,22H,4-5,10-11,14H2,1-3H3,(H,23,25). The van der Waals surface area contributed by atoms with E-state index in [0.29, 0.717) is 35.7 Å². The molecule has 0 aliphatic carbocycles. The van der Waals surface area contributed by atoms with Gasteiger partial charge < -0.3 is 10.1 Å². The first-order valence-corrected chi connectivity index (χ1v) is 13.0.